The molecular weight excluding hydrogens is 1490 g/mol. The summed E-state index contributed by atoms with van der Waals surface area (Å²) in [5.74, 6) is 41.6. The summed E-state index contributed by atoms with van der Waals surface area (Å²) in [6.07, 6.45) is 0. The summed E-state index contributed by atoms with van der Waals surface area (Å²) in [5.41, 5.74) is 12.7. The van der Waals surface area contributed by atoms with Crippen LogP contribution in [0.15, 0.2) is 352 Å². The molecule has 0 saturated heterocycles. The summed E-state index contributed by atoms with van der Waals surface area (Å²) in [5, 5.41) is 0. The maximum Gasteiger partial charge on any atom is 0.124 e. The number of hydrogen-bond donors (Lipinski definition) is 0. The molecule has 0 aromatic heterocycles. The Labute approximate surface area is 701 Å². The molecule has 0 radical (unpaired) electrons. The summed E-state index contributed by atoms with van der Waals surface area (Å²) in [6.45, 7) is 3.61. The highest BCUT2D eigenvalue weighted by molar-refractivity contribution is 5.53. The molecule has 0 aliphatic rings. The van der Waals surface area contributed by atoms with Gasteiger partial charge >= 0.3 is 0 Å². The fourth-order valence-electron chi connectivity index (χ4n) is 12.2. The van der Waals surface area contributed by atoms with Crippen LogP contribution in [0.5, 0.6) is 69.0 Å². The van der Waals surface area contributed by atoms with E-state index in [1.807, 2.05) is 352 Å². The van der Waals surface area contributed by atoms with Crippen LogP contribution < -0.4 is 56.8 Å². The van der Waals surface area contributed by atoms with Gasteiger partial charge < -0.3 is 56.8 Å². The zero-order valence-electron chi connectivity index (χ0n) is 65.9. The Kier molecular flexibility index (Phi) is 29.6. The van der Waals surface area contributed by atoms with Crippen LogP contribution in [0.4, 0.5) is 0 Å². The smallest absolute Gasteiger partial charge is 0.124 e. The van der Waals surface area contributed by atoms with E-state index in [2.05, 4.69) is 71.0 Å². The van der Waals surface area contributed by atoms with Crippen LogP contribution in [-0.2, 0) is 79.3 Å². The molecule has 0 bridgehead atoms. The van der Waals surface area contributed by atoms with Crippen LogP contribution in [0.25, 0.3) is 0 Å². The van der Waals surface area contributed by atoms with Gasteiger partial charge in [0.25, 0.3) is 0 Å². The summed E-state index contributed by atoms with van der Waals surface area (Å²) in [4.78, 5) is 0. The molecule has 120 heavy (non-hydrogen) atoms. The first kappa shape index (κ1) is 80.6. The fourth-order valence-corrected chi connectivity index (χ4v) is 12.2. The Bertz CT molecular complexity index is 5140. The third-order valence-electron chi connectivity index (χ3n) is 18.1. The minimum atomic E-state index is 0.160. The molecule has 14 aromatic rings. The predicted octanol–water partition coefficient (Wildman–Crippen LogP) is 22.1. The van der Waals surface area contributed by atoms with E-state index < -0.39 is 0 Å². The monoisotopic (exact) mass is 1570 g/mol. The van der Waals surface area contributed by atoms with Crippen LogP contribution in [0.2, 0.25) is 0 Å². The van der Waals surface area contributed by atoms with E-state index in [-0.39, 0.29) is 26.4 Å². The van der Waals surface area contributed by atoms with Crippen LogP contribution in [-0.4, -0.2) is 0 Å². The number of ether oxygens (including phenoxy) is 12. The fraction of sp³-hybridized carbons (Fsp3) is 0.111. The van der Waals surface area contributed by atoms with Gasteiger partial charge in [-0.15, -0.1) is 0 Å². The number of hydrogen-bond acceptors (Lipinski definition) is 12. The molecule has 0 aliphatic carbocycles. The molecule has 0 amide bonds. The highest BCUT2D eigenvalue weighted by atomic mass is 16.5. The van der Waals surface area contributed by atoms with Crippen LogP contribution >= 0.6 is 0 Å². The second kappa shape index (κ2) is 44.1. The van der Waals surface area contributed by atoms with Crippen molar-refractivity contribution in [3.05, 3.63) is 430 Å². The summed E-state index contributed by atoms with van der Waals surface area (Å²) >= 11 is 0. The van der Waals surface area contributed by atoms with Gasteiger partial charge in [-0.05, 0) is 199 Å². The van der Waals surface area contributed by atoms with Crippen molar-refractivity contribution < 1.29 is 56.8 Å². The summed E-state index contributed by atoms with van der Waals surface area (Å²) in [7, 11) is 0. The van der Waals surface area contributed by atoms with Crippen molar-refractivity contribution in [2.24, 2.45) is 0 Å². The third kappa shape index (κ3) is 27.4. The van der Waals surface area contributed by atoms with Crippen molar-refractivity contribution in [1.29, 1.82) is 0 Å². The SMILES string of the molecule is C(C#CC#CC#Cc1cc(OCc2cc(OCc3ccccc3)cc(OCc3ccccc3)c2)cc(OCc2cc(OCc3ccccc3)cc(OCc3ccccc3)c2)c1)#CC#CC#Cc1cc(OCc2cc(OCc3ccccc3)cc(OCc3ccccc3)c2)cc(OCc2cc(OCc3ccccc3)cc(OCc3ccccc3)c2)c1. The van der Waals surface area contributed by atoms with Gasteiger partial charge in [0.2, 0.25) is 0 Å². The minimum Gasteiger partial charge on any atom is -0.489 e. The van der Waals surface area contributed by atoms with Gasteiger partial charge in [-0.1, -0.05) is 254 Å². The molecule has 0 fully saturated rings. The molecule has 12 heteroatoms. The van der Waals surface area contributed by atoms with Gasteiger partial charge in [-0.2, -0.15) is 0 Å². The Morgan fingerprint density at radius 1 is 0.125 bits per heavy atom. The van der Waals surface area contributed by atoms with Gasteiger partial charge in [-0.25, -0.2) is 0 Å². The Balaban J connectivity index is 0.692. The highest BCUT2D eigenvalue weighted by Gasteiger charge is 2.15. The first-order valence-corrected chi connectivity index (χ1v) is 39.1. The molecule has 12 nitrogen and oxygen atoms in total. The molecule has 0 heterocycles. The molecule has 0 saturated carbocycles. The van der Waals surface area contributed by atoms with E-state index in [9.17, 15) is 0 Å². The van der Waals surface area contributed by atoms with Crippen molar-refractivity contribution >= 4 is 0 Å². The van der Waals surface area contributed by atoms with Crippen LogP contribution in [0.1, 0.15) is 77.9 Å². The quantitative estimate of drug-likeness (QED) is 0.0349. The van der Waals surface area contributed by atoms with Gasteiger partial charge in [0.15, 0.2) is 0 Å². The van der Waals surface area contributed by atoms with Gasteiger partial charge in [-0.3, -0.25) is 0 Å². The molecule has 586 valence electrons. The van der Waals surface area contributed by atoms with Gasteiger partial charge in [0, 0.05) is 47.5 Å². The number of rotatable bonds is 36. The lowest BCUT2D eigenvalue weighted by Crippen LogP contribution is -2.03. The minimum absolute atomic E-state index is 0.160. The largest absolute Gasteiger partial charge is 0.489 e. The van der Waals surface area contributed by atoms with E-state index in [0.29, 0.717) is 133 Å². The average Bonchev–Trinajstić information content (AvgIpc) is 0.854. The lowest BCUT2D eigenvalue weighted by Gasteiger charge is -2.15. The molecule has 14 aromatic carbocycles. The van der Waals surface area contributed by atoms with Gasteiger partial charge in [0.05, 0.1) is 0 Å². The maximum absolute atomic E-state index is 6.59. The standard InChI is InChI=1S/C108H82O12/c1(3-5-7-17-51-91-53-97(117-79-93-57-101(109-71-83-35-19-9-20-36-83)67-102(58-93)110-72-84-37-21-10-22-38-84)65-98(54-91)118-80-94-59-103(111-73-85-39-23-11-24-40-85)68-104(60-94)112-74-86-41-25-12-26-42-86)2-4-6-8-18-52-92-55-99(119-81-95-61-105(113-75-87-43-27-13-28-44-87)69-106(62-95)114-76-88-45-29-14-30-46-88)66-100(56-92)120-82-96-63-107(115-77-89-47-31-15-32-48-89)70-108(64-96)116-78-90-49-33-16-34-50-90/h9-16,19-50,53-70H,71-82H2. The van der Waals surface area contributed by atoms with Crippen molar-refractivity contribution in [1.82, 2.24) is 0 Å². The van der Waals surface area contributed by atoms with Crippen molar-refractivity contribution in [3.8, 4) is 140 Å². The van der Waals surface area contributed by atoms with E-state index in [4.69, 9.17) is 56.8 Å². The second-order valence-corrected chi connectivity index (χ2v) is 27.5. The van der Waals surface area contributed by atoms with E-state index in [0.717, 1.165) is 66.8 Å². The van der Waals surface area contributed by atoms with E-state index in [1.54, 1.807) is 0 Å². The Morgan fingerprint density at radius 3 is 0.400 bits per heavy atom. The number of benzene rings is 14. The first-order chi connectivity index (χ1) is 59.3. The predicted molar refractivity (Wildman–Crippen MR) is 467 cm³/mol. The molecular formula is C108H82O12. The molecule has 0 N–H and O–H groups in total. The topological polar surface area (TPSA) is 111 Å². The van der Waals surface area contributed by atoms with Crippen LogP contribution in [0, 0.1) is 71.0 Å². The molecule has 0 spiro atoms. The maximum atomic E-state index is 6.59. The Morgan fingerprint density at radius 2 is 0.250 bits per heavy atom. The second-order valence-electron chi connectivity index (χ2n) is 27.5. The van der Waals surface area contributed by atoms with E-state index in [1.165, 1.54) is 0 Å². The molecule has 14 rings (SSSR count). The van der Waals surface area contributed by atoms with Crippen molar-refractivity contribution in [3.63, 3.8) is 0 Å². The highest BCUT2D eigenvalue weighted by Crippen LogP contribution is 2.34. The van der Waals surface area contributed by atoms with Crippen LogP contribution in [0.3, 0.4) is 0 Å². The van der Waals surface area contributed by atoms with Crippen molar-refractivity contribution in [2.75, 3.05) is 0 Å². The molecule has 0 aliphatic heterocycles. The zero-order valence-corrected chi connectivity index (χ0v) is 65.9. The zero-order chi connectivity index (χ0) is 81.5. The van der Waals surface area contributed by atoms with E-state index >= 15 is 0 Å². The normalized spacial score (nSPS) is 10.2. The molecule has 0 unspecified atom stereocenters. The Hall–Kier alpha value is -16.0. The average molecular weight is 1570 g/mol. The lowest BCUT2D eigenvalue weighted by atomic mass is 10.1. The summed E-state index contributed by atoms with van der Waals surface area (Å²) < 4.78 is 77.1. The lowest BCUT2D eigenvalue weighted by molar-refractivity contribution is 0.276. The third-order valence-corrected chi connectivity index (χ3v) is 18.1. The summed E-state index contributed by atoms with van der Waals surface area (Å²) in [6, 6.07) is 114. The first-order valence-electron chi connectivity index (χ1n) is 39.1. The van der Waals surface area contributed by atoms with Gasteiger partial charge in [0.1, 0.15) is 148 Å². The molecule has 0 atom stereocenters. The van der Waals surface area contributed by atoms with Crippen molar-refractivity contribution in [2.45, 2.75) is 79.3 Å².